The minimum Gasteiger partial charge on any atom is -0.308 e. The van der Waals surface area contributed by atoms with Crippen molar-refractivity contribution in [2.45, 2.75) is 0 Å². The Morgan fingerprint density at radius 1 is 0.317 bits per heavy atom. The van der Waals surface area contributed by atoms with Crippen LogP contribution in [0.15, 0.2) is 212 Å². The number of rotatable bonds is 6. The molecule has 4 aromatic heterocycles. The maximum atomic E-state index is 5.48. The average molecular weight is 822 g/mol. The number of hydrogen-bond acceptors (Lipinski definition) is 4. The Morgan fingerprint density at radius 3 is 1.52 bits per heavy atom. The van der Waals surface area contributed by atoms with Gasteiger partial charge in [-0.05, 0) is 70.8 Å². The van der Waals surface area contributed by atoms with Gasteiger partial charge in [0.25, 0.3) is 0 Å². The first-order valence-electron chi connectivity index (χ1n) is 21.2. The monoisotopic (exact) mass is 821 g/mol. The van der Waals surface area contributed by atoms with Crippen molar-refractivity contribution >= 4 is 75.1 Å². The van der Waals surface area contributed by atoms with Gasteiger partial charge in [-0.1, -0.05) is 164 Å². The highest BCUT2D eigenvalue weighted by atomic mass is 32.1. The second kappa shape index (κ2) is 14.2. The van der Waals surface area contributed by atoms with Gasteiger partial charge >= 0.3 is 0 Å². The second-order valence-corrected chi connectivity index (χ2v) is 17.0. The van der Waals surface area contributed by atoms with E-state index in [1.165, 1.54) is 36.5 Å². The summed E-state index contributed by atoms with van der Waals surface area (Å²) < 4.78 is 7.13. The summed E-state index contributed by atoms with van der Waals surface area (Å²) in [7, 11) is 0. The summed E-state index contributed by atoms with van der Waals surface area (Å²) in [5.41, 5.74) is 11.7. The normalized spacial score (nSPS) is 11.8. The molecule has 0 spiro atoms. The minimum absolute atomic E-state index is 0.560. The van der Waals surface area contributed by atoms with Crippen LogP contribution in [-0.4, -0.2) is 24.1 Å². The SMILES string of the molecule is c1ccc(-c2ccc(-c3nc(-c4cccc(-c5cccc6c5sc5ccccc56)c4)nc(-n4c5ccccc5c5ccccc54)n3)c(-n3c4ccccc4c4ccccc43)c2)cc1. The molecule has 0 saturated carbocycles. The van der Waals surface area contributed by atoms with Crippen LogP contribution in [0.25, 0.3) is 120 Å². The van der Waals surface area contributed by atoms with Gasteiger partial charge in [0.1, 0.15) is 0 Å². The van der Waals surface area contributed by atoms with E-state index in [1.54, 1.807) is 0 Å². The lowest BCUT2D eigenvalue weighted by Crippen LogP contribution is -2.08. The molecule has 6 heteroatoms. The summed E-state index contributed by atoms with van der Waals surface area (Å²) in [6.07, 6.45) is 0. The molecular formula is C57H35N5S. The molecule has 0 amide bonds. The van der Waals surface area contributed by atoms with E-state index < -0.39 is 0 Å². The number of para-hydroxylation sites is 4. The van der Waals surface area contributed by atoms with Crippen LogP contribution in [0.4, 0.5) is 0 Å². The van der Waals surface area contributed by atoms with E-state index in [0.717, 1.165) is 66.3 Å². The molecule has 5 nitrogen and oxygen atoms in total. The third-order valence-corrected chi connectivity index (χ3v) is 13.6. The van der Waals surface area contributed by atoms with E-state index in [-0.39, 0.29) is 0 Å². The third-order valence-electron chi connectivity index (χ3n) is 12.4. The fraction of sp³-hybridized carbons (Fsp3) is 0. The zero-order valence-corrected chi connectivity index (χ0v) is 34.7. The van der Waals surface area contributed by atoms with E-state index in [9.17, 15) is 0 Å². The van der Waals surface area contributed by atoms with Crippen molar-refractivity contribution in [1.29, 1.82) is 0 Å². The second-order valence-electron chi connectivity index (χ2n) is 16.0. The number of aromatic nitrogens is 5. The molecule has 294 valence electrons. The van der Waals surface area contributed by atoms with Crippen molar-refractivity contribution in [2.24, 2.45) is 0 Å². The smallest absolute Gasteiger partial charge is 0.238 e. The first-order valence-corrected chi connectivity index (χ1v) is 22.0. The Morgan fingerprint density at radius 2 is 0.841 bits per heavy atom. The number of nitrogens with zero attached hydrogens (tertiary/aromatic N) is 5. The first kappa shape index (κ1) is 35.6. The van der Waals surface area contributed by atoms with Crippen molar-refractivity contribution in [3.8, 4) is 56.7 Å². The summed E-state index contributed by atoms with van der Waals surface area (Å²) in [5.74, 6) is 1.75. The predicted octanol–water partition coefficient (Wildman–Crippen LogP) is 15.1. The van der Waals surface area contributed by atoms with Crippen LogP contribution in [0.1, 0.15) is 0 Å². The molecule has 0 radical (unpaired) electrons. The van der Waals surface area contributed by atoms with Crippen molar-refractivity contribution in [3.05, 3.63) is 212 Å². The highest BCUT2D eigenvalue weighted by molar-refractivity contribution is 7.26. The summed E-state index contributed by atoms with van der Waals surface area (Å²) in [4.78, 5) is 16.3. The largest absolute Gasteiger partial charge is 0.308 e. The Labute approximate surface area is 366 Å². The Bertz CT molecular complexity index is 3820. The van der Waals surface area contributed by atoms with Crippen molar-refractivity contribution in [3.63, 3.8) is 0 Å². The van der Waals surface area contributed by atoms with Crippen LogP contribution in [0.5, 0.6) is 0 Å². The molecule has 4 heterocycles. The lowest BCUT2D eigenvalue weighted by Gasteiger charge is -2.17. The van der Waals surface area contributed by atoms with Gasteiger partial charge in [-0.15, -0.1) is 11.3 Å². The minimum atomic E-state index is 0.560. The first-order chi connectivity index (χ1) is 31.2. The molecule has 0 bridgehead atoms. The summed E-state index contributed by atoms with van der Waals surface area (Å²) in [6, 6.07) is 75.6. The van der Waals surface area contributed by atoms with Gasteiger partial charge in [0.15, 0.2) is 11.6 Å². The van der Waals surface area contributed by atoms with Gasteiger partial charge in [0.2, 0.25) is 5.95 Å². The van der Waals surface area contributed by atoms with Crippen LogP contribution in [0.3, 0.4) is 0 Å². The van der Waals surface area contributed by atoms with Crippen molar-refractivity contribution < 1.29 is 0 Å². The zero-order chi connectivity index (χ0) is 41.4. The van der Waals surface area contributed by atoms with Crippen molar-refractivity contribution in [2.75, 3.05) is 0 Å². The Kier molecular flexibility index (Phi) is 8.01. The Balaban J connectivity index is 1.09. The zero-order valence-electron chi connectivity index (χ0n) is 33.9. The molecule has 9 aromatic carbocycles. The highest BCUT2D eigenvalue weighted by Crippen LogP contribution is 2.42. The lowest BCUT2D eigenvalue weighted by atomic mass is 10.0. The molecule has 0 unspecified atom stereocenters. The van der Waals surface area contributed by atoms with E-state index in [1.807, 2.05) is 11.3 Å². The van der Waals surface area contributed by atoms with Crippen LogP contribution < -0.4 is 0 Å². The van der Waals surface area contributed by atoms with Gasteiger partial charge in [-0.3, -0.25) is 4.57 Å². The molecular weight excluding hydrogens is 787 g/mol. The van der Waals surface area contributed by atoms with E-state index in [2.05, 4.69) is 221 Å². The predicted molar refractivity (Wildman–Crippen MR) is 263 cm³/mol. The molecule has 0 aliphatic carbocycles. The fourth-order valence-electron chi connectivity index (χ4n) is 9.55. The van der Waals surface area contributed by atoms with Gasteiger partial charge in [-0.25, -0.2) is 4.98 Å². The number of fused-ring (bicyclic) bond motifs is 9. The van der Waals surface area contributed by atoms with Crippen molar-refractivity contribution in [1.82, 2.24) is 24.1 Å². The number of benzene rings is 9. The fourth-order valence-corrected chi connectivity index (χ4v) is 10.8. The highest BCUT2D eigenvalue weighted by Gasteiger charge is 2.22. The Hall–Kier alpha value is -8.19. The molecule has 0 aliphatic heterocycles. The topological polar surface area (TPSA) is 48.5 Å². The number of thiophene rings is 1. The quantitative estimate of drug-likeness (QED) is 0.168. The number of hydrogen-bond donors (Lipinski definition) is 0. The maximum Gasteiger partial charge on any atom is 0.238 e. The molecule has 0 aliphatic rings. The molecule has 63 heavy (non-hydrogen) atoms. The average Bonchev–Trinajstić information content (AvgIpc) is 4.02. The lowest BCUT2D eigenvalue weighted by molar-refractivity contribution is 0.952. The van der Waals surface area contributed by atoms with Crippen LogP contribution >= 0.6 is 11.3 Å². The van der Waals surface area contributed by atoms with Gasteiger partial charge in [0.05, 0.1) is 27.8 Å². The standard InChI is InChI=1S/C57H35N5S/c1-2-16-36(17-3-1)37-32-33-47(52(35-37)61-48-27-9-4-20-41(48)42-21-5-10-28-49(42)61)56-58-55(59-57(60-56)62-50-29-11-6-22-43(50)44-23-7-12-30-51(44)62)39-19-14-18-38(34-39)40-25-15-26-46-45-24-8-13-31-53(45)63-54(40)46/h1-35H. The molecule has 0 atom stereocenters. The van der Waals surface area contributed by atoms with Gasteiger partial charge in [0, 0.05) is 52.8 Å². The van der Waals surface area contributed by atoms with E-state index in [0.29, 0.717) is 17.6 Å². The molecule has 0 saturated heterocycles. The van der Waals surface area contributed by atoms with Crippen LogP contribution in [-0.2, 0) is 0 Å². The van der Waals surface area contributed by atoms with Gasteiger partial charge < -0.3 is 4.57 Å². The third kappa shape index (κ3) is 5.66. The summed E-state index contributed by atoms with van der Waals surface area (Å²) in [6.45, 7) is 0. The maximum absolute atomic E-state index is 5.48. The summed E-state index contributed by atoms with van der Waals surface area (Å²) in [5, 5.41) is 7.23. The molecule has 13 rings (SSSR count). The van der Waals surface area contributed by atoms with Crippen LogP contribution in [0.2, 0.25) is 0 Å². The molecule has 0 fully saturated rings. The molecule has 0 N–H and O–H groups in total. The van der Waals surface area contributed by atoms with Crippen LogP contribution in [0, 0.1) is 0 Å². The van der Waals surface area contributed by atoms with Gasteiger partial charge in [-0.2, -0.15) is 9.97 Å². The van der Waals surface area contributed by atoms with E-state index >= 15 is 0 Å². The van der Waals surface area contributed by atoms with E-state index in [4.69, 9.17) is 15.0 Å². The molecule has 13 aromatic rings. The summed E-state index contributed by atoms with van der Waals surface area (Å²) >= 11 is 1.84.